The molecule has 150 valence electrons. The molecule has 3 rings (SSSR count). The van der Waals surface area contributed by atoms with Gasteiger partial charge in [-0.05, 0) is 42.9 Å². The lowest BCUT2D eigenvalue weighted by Crippen LogP contribution is -2.46. The van der Waals surface area contributed by atoms with Gasteiger partial charge in [0, 0.05) is 37.9 Å². The highest BCUT2D eigenvalue weighted by Crippen LogP contribution is 2.17. The smallest absolute Gasteiger partial charge is 0.251 e. The molecule has 1 aromatic carbocycles. The molecule has 0 spiro atoms. The van der Waals surface area contributed by atoms with Gasteiger partial charge in [0.15, 0.2) is 0 Å². The van der Waals surface area contributed by atoms with Gasteiger partial charge in [-0.3, -0.25) is 4.79 Å². The first-order valence-electron chi connectivity index (χ1n) is 9.68. The highest BCUT2D eigenvalue weighted by atomic mass is 16.5. The quantitative estimate of drug-likeness (QED) is 0.703. The van der Waals surface area contributed by atoms with E-state index in [2.05, 4.69) is 27.0 Å². The van der Waals surface area contributed by atoms with E-state index in [9.17, 15) is 4.79 Å². The molecule has 0 unspecified atom stereocenters. The number of likely N-dealkylation sites (N-methyl/N-ethyl adjacent to an activating group) is 1. The van der Waals surface area contributed by atoms with Crippen molar-refractivity contribution >= 4 is 11.7 Å². The molecule has 1 aromatic heterocycles. The number of amides is 1. The number of piperazine rings is 1. The third kappa shape index (κ3) is 5.36. The van der Waals surface area contributed by atoms with E-state index >= 15 is 0 Å². The second-order valence-electron chi connectivity index (χ2n) is 6.60. The summed E-state index contributed by atoms with van der Waals surface area (Å²) in [5.41, 5.74) is 0.618. The lowest BCUT2D eigenvalue weighted by molar-refractivity contribution is 0.0947. The number of nitrogens with one attached hydrogen (secondary N) is 1. The summed E-state index contributed by atoms with van der Waals surface area (Å²) in [6.07, 6.45) is 1.70. The molecule has 7 nitrogen and oxygen atoms in total. The lowest BCUT2D eigenvalue weighted by Gasteiger charge is -2.34. The van der Waals surface area contributed by atoms with E-state index in [4.69, 9.17) is 9.47 Å². The standard InChI is InChI=1S/C21H28N4O3/c1-3-24-11-13-25(14-12-24)20-16-17(8-9-22-20)21(26)23-10-15-28-19-6-4-18(27-2)5-7-19/h4-9,16H,3,10-15H2,1-2H3,(H,23,26). The fourth-order valence-corrected chi connectivity index (χ4v) is 3.13. The Labute approximate surface area is 166 Å². The normalized spacial score (nSPS) is 14.6. The first-order valence-corrected chi connectivity index (χ1v) is 9.68. The summed E-state index contributed by atoms with van der Waals surface area (Å²) in [6.45, 7) is 7.99. The van der Waals surface area contributed by atoms with E-state index in [-0.39, 0.29) is 5.91 Å². The Morgan fingerprint density at radius 2 is 1.82 bits per heavy atom. The van der Waals surface area contributed by atoms with Crippen molar-refractivity contribution in [2.75, 3.05) is 57.9 Å². The summed E-state index contributed by atoms with van der Waals surface area (Å²) in [6, 6.07) is 11.0. The van der Waals surface area contributed by atoms with Crippen LogP contribution in [0.3, 0.4) is 0 Å². The largest absolute Gasteiger partial charge is 0.497 e. The average molecular weight is 384 g/mol. The molecule has 1 amide bonds. The zero-order valence-electron chi connectivity index (χ0n) is 16.6. The van der Waals surface area contributed by atoms with Crippen LogP contribution in [0.15, 0.2) is 42.6 Å². The number of aromatic nitrogens is 1. The molecule has 0 aliphatic carbocycles. The molecule has 0 radical (unpaired) electrons. The van der Waals surface area contributed by atoms with E-state index in [0.29, 0.717) is 18.7 Å². The van der Waals surface area contributed by atoms with Crippen LogP contribution in [0.25, 0.3) is 0 Å². The van der Waals surface area contributed by atoms with Crippen molar-refractivity contribution in [1.82, 2.24) is 15.2 Å². The minimum Gasteiger partial charge on any atom is -0.497 e. The van der Waals surface area contributed by atoms with Crippen LogP contribution in [0.4, 0.5) is 5.82 Å². The van der Waals surface area contributed by atoms with Gasteiger partial charge in [-0.25, -0.2) is 4.98 Å². The van der Waals surface area contributed by atoms with E-state index in [1.54, 1.807) is 19.4 Å². The molecule has 1 aliphatic rings. The van der Waals surface area contributed by atoms with E-state index in [0.717, 1.165) is 50.0 Å². The van der Waals surface area contributed by atoms with Gasteiger partial charge in [0.2, 0.25) is 0 Å². The van der Waals surface area contributed by atoms with Crippen molar-refractivity contribution in [3.8, 4) is 11.5 Å². The van der Waals surface area contributed by atoms with Gasteiger partial charge in [-0.15, -0.1) is 0 Å². The molecule has 28 heavy (non-hydrogen) atoms. The Kier molecular flexibility index (Phi) is 7.08. The van der Waals surface area contributed by atoms with Crippen LogP contribution >= 0.6 is 0 Å². The average Bonchev–Trinajstić information content (AvgIpc) is 2.77. The van der Waals surface area contributed by atoms with Gasteiger partial charge in [-0.1, -0.05) is 6.92 Å². The summed E-state index contributed by atoms with van der Waals surface area (Å²) in [5.74, 6) is 2.27. The first-order chi connectivity index (χ1) is 13.7. The molecule has 0 saturated carbocycles. The zero-order valence-corrected chi connectivity index (χ0v) is 16.6. The van der Waals surface area contributed by atoms with Crippen LogP contribution in [0.5, 0.6) is 11.5 Å². The fraction of sp³-hybridized carbons (Fsp3) is 0.429. The number of ether oxygens (including phenoxy) is 2. The third-order valence-corrected chi connectivity index (χ3v) is 4.87. The van der Waals surface area contributed by atoms with E-state index < -0.39 is 0 Å². The summed E-state index contributed by atoms with van der Waals surface area (Å²) in [5, 5.41) is 2.89. The van der Waals surface area contributed by atoms with Gasteiger partial charge in [0.25, 0.3) is 5.91 Å². The van der Waals surface area contributed by atoms with Gasteiger partial charge in [0.05, 0.1) is 13.7 Å². The predicted octanol–water partition coefficient (Wildman–Crippen LogP) is 2.04. The summed E-state index contributed by atoms with van der Waals surface area (Å²) >= 11 is 0. The number of hydrogen-bond donors (Lipinski definition) is 1. The Bertz CT molecular complexity index is 759. The highest BCUT2D eigenvalue weighted by Gasteiger charge is 2.17. The Hall–Kier alpha value is -2.80. The SMILES string of the molecule is CCN1CCN(c2cc(C(=O)NCCOc3ccc(OC)cc3)ccn2)CC1. The molecule has 1 saturated heterocycles. The van der Waals surface area contributed by atoms with Crippen molar-refractivity contribution in [2.45, 2.75) is 6.92 Å². The molecule has 1 fully saturated rings. The number of anilines is 1. The number of pyridine rings is 1. The monoisotopic (exact) mass is 384 g/mol. The zero-order chi connectivity index (χ0) is 19.8. The van der Waals surface area contributed by atoms with Gasteiger partial charge < -0.3 is 24.6 Å². The van der Waals surface area contributed by atoms with Crippen molar-refractivity contribution in [2.24, 2.45) is 0 Å². The Morgan fingerprint density at radius 3 is 2.50 bits per heavy atom. The van der Waals surface area contributed by atoms with Crippen molar-refractivity contribution in [1.29, 1.82) is 0 Å². The molecule has 1 N–H and O–H groups in total. The van der Waals surface area contributed by atoms with Crippen molar-refractivity contribution in [3.63, 3.8) is 0 Å². The Morgan fingerprint density at radius 1 is 1.11 bits per heavy atom. The Balaban J connectivity index is 1.46. The van der Waals surface area contributed by atoms with Crippen molar-refractivity contribution in [3.05, 3.63) is 48.2 Å². The second kappa shape index (κ2) is 9.94. The van der Waals surface area contributed by atoms with E-state index in [1.165, 1.54) is 0 Å². The van der Waals surface area contributed by atoms with Crippen LogP contribution in [-0.2, 0) is 0 Å². The molecular weight excluding hydrogens is 356 g/mol. The minimum atomic E-state index is -0.117. The van der Waals surface area contributed by atoms with E-state index in [1.807, 2.05) is 30.3 Å². The number of hydrogen-bond acceptors (Lipinski definition) is 6. The second-order valence-corrected chi connectivity index (χ2v) is 6.60. The number of rotatable bonds is 8. The predicted molar refractivity (Wildman–Crippen MR) is 109 cm³/mol. The maximum atomic E-state index is 12.4. The third-order valence-electron chi connectivity index (χ3n) is 4.87. The molecular formula is C21H28N4O3. The summed E-state index contributed by atoms with van der Waals surface area (Å²) < 4.78 is 10.8. The van der Waals surface area contributed by atoms with Gasteiger partial charge >= 0.3 is 0 Å². The topological polar surface area (TPSA) is 66.9 Å². The molecule has 7 heteroatoms. The highest BCUT2D eigenvalue weighted by molar-refractivity contribution is 5.94. The number of benzene rings is 1. The van der Waals surface area contributed by atoms with Crippen LogP contribution in [0.2, 0.25) is 0 Å². The maximum absolute atomic E-state index is 12.4. The minimum absolute atomic E-state index is 0.117. The van der Waals surface area contributed by atoms with Crippen LogP contribution in [0, 0.1) is 0 Å². The van der Waals surface area contributed by atoms with Crippen LogP contribution in [0.1, 0.15) is 17.3 Å². The summed E-state index contributed by atoms with van der Waals surface area (Å²) in [7, 11) is 1.63. The first kappa shape index (κ1) is 19.9. The maximum Gasteiger partial charge on any atom is 0.251 e. The molecule has 2 aromatic rings. The number of carbonyl (C=O) groups is 1. The molecule has 0 atom stereocenters. The van der Waals surface area contributed by atoms with Gasteiger partial charge in [0.1, 0.15) is 23.9 Å². The van der Waals surface area contributed by atoms with Crippen molar-refractivity contribution < 1.29 is 14.3 Å². The molecule has 1 aliphatic heterocycles. The summed E-state index contributed by atoms with van der Waals surface area (Å²) in [4.78, 5) is 21.5. The lowest BCUT2D eigenvalue weighted by atomic mass is 10.2. The van der Waals surface area contributed by atoms with Crippen LogP contribution in [-0.4, -0.2) is 68.8 Å². The number of methoxy groups -OCH3 is 1. The van der Waals surface area contributed by atoms with Gasteiger partial charge in [-0.2, -0.15) is 0 Å². The number of nitrogens with zero attached hydrogens (tertiary/aromatic N) is 3. The molecule has 2 heterocycles. The fourth-order valence-electron chi connectivity index (χ4n) is 3.13. The molecule has 0 bridgehead atoms. The number of carbonyl (C=O) groups excluding carboxylic acids is 1. The van der Waals surface area contributed by atoms with Crippen LogP contribution < -0.4 is 19.7 Å².